The Hall–Kier alpha value is -3.14. The molecule has 0 aliphatic rings. The molecule has 0 atom stereocenters. The molecular weight excluding hydrogens is 286 g/mol. The Kier molecular flexibility index (Phi) is 4.34. The van der Waals surface area contributed by atoms with Crippen LogP contribution in [0.15, 0.2) is 72.9 Å². The maximum Gasteiger partial charge on any atom is 0.251 e. The highest BCUT2D eigenvalue weighted by molar-refractivity contribution is 6.01. The van der Waals surface area contributed by atoms with E-state index in [2.05, 4.69) is 15.6 Å². The number of carbonyl (C=O) groups is 1. The molecule has 23 heavy (non-hydrogen) atoms. The zero-order valence-electron chi connectivity index (χ0n) is 12.8. The number of nitrogens with zero attached hydrogens (tertiary/aromatic N) is 1. The van der Waals surface area contributed by atoms with Crippen LogP contribution >= 0.6 is 0 Å². The van der Waals surface area contributed by atoms with Gasteiger partial charge in [-0.15, -0.1) is 0 Å². The lowest BCUT2D eigenvalue weighted by Crippen LogP contribution is -2.18. The molecule has 0 aliphatic heterocycles. The summed E-state index contributed by atoms with van der Waals surface area (Å²) in [6, 6.07) is 21.2. The van der Waals surface area contributed by atoms with Gasteiger partial charge in [-0.1, -0.05) is 36.4 Å². The fourth-order valence-corrected chi connectivity index (χ4v) is 2.40. The Morgan fingerprint density at radius 1 is 0.957 bits per heavy atom. The van der Waals surface area contributed by atoms with E-state index >= 15 is 0 Å². The first kappa shape index (κ1) is 14.8. The molecule has 1 heterocycles. The lowest BCUT2D eigenvalue weighted by molar-refractivity contribution is 0.0964. The van der Waals surface area contributed by atoms with Crippen LogP contribution in [0.25, 0.3) is 11.1 Å². The number of pyridine rings is 1. The van der Waals surface area contributed by atoms with Gasteiger partial charge in [-0.2, -0.15) is 0 Å². The monoisotopic (exact) mass is 303 g/mol. The Morgan fingerprint density at radius 2 is 1.74 bits per heavy atom. The van der Waals surface area contributed by atoms with Crippen LogP contribution in [0, 0.1) is 0 Å². The summed E-state index contributed by atoms with van der Waals surface area (Å²) in [5.41, 5.74) is 3.40. The summed E-state index contributed by atoms with van der Waals surface area (Å²) in [6.45, 7) is 0. The van der Waals surface area contributed by atoms with Gasteiger partial charge in [0.15, 0.2) is 0 Å². The molecule has 2 N–H and O–H groups in total. The number of rotatable bonds is 4. The van der Waals surface area contributed by atoms with Crippen LogP contribution in [0.2, 0.25) is 0 Å². The summed E-state index contributed by atoms with van der Waals surface area (Å²) >= 11 is 0. The van der Waals surface area contributed by atoms with E-state index in [9.17, 15) is 4.79 Å². The SMILES string of the molecule is CNC(=O)c1ccc(Nc2ccccn2)cc1-c1ccccc1. The van der Waals surface area contributed by atoms with Crippen molar-refractivity contribution in [1.82, 2.24) is 10.3 Å². The third-order valence-electron chi connectivity index (χ3n) is 3.51. The topological polar surface area (TPSA) is 54.0 Å². The molecule has 4 heteroatoms. The number of anilines is 2. The second-order valence-corrected chi connectivity index (χ2v) is 5.05. The number of hydrogen-bond acceptors (Lipinski definition) is 3. The summed E-state index contributed by atoms with van der Waals surface area (Å²) in [5.74, 6) is 0.660. The van der Waals surface area contributed by atoms with Crippen LogP contribution < -0.4 is 10.6 Å². The molecule has 0 aliphatic carbocycles. The average molecular weight is 303 g/mol. The van der Waals surface area contributed by atoms with E-state index in [4.69, 9.17) is 0 Å². The van der Waals surface area contributed by atoms with E-state index in [1.165, 1.54) is 0 Å². The maximum absolute atomic E-state index is 12.1. The van der Waals surface area contributed by atoms with Crippen LogP contribution in [0.5, 0.6) is 0 Å². The van der Waals surface area contributed by atoms with E-state index in [1.807, 2.05) is 66.7 Å². The fraction of sp³-hybridized carbons (Fsp3) is 0.0526. The molecule has 3 rings (SSSR count). The van der Waals surface area contributed by atoms with Gasteiger partial charge in [-0.25, -0.2) is 4.98 Å². The standard InChI is InChI=1S/C19H17N3O/c1-20-19(23)16-11-10-15(22-18-9-5-6-12-21-18)13-17(16)14-7-3-2-4-8-14/h2-13H,1H3,(H,20,23)(H,21,22). The van der Waals surface area contributed by atoms with Crippen molar-refractivity contribution in [1.29, 1.82) is 0 Å². The quantitative estimate of drug-likeness (QED) is 0.769. The predicted octanol–water partition coefficient (Wildman–Crippen LogP) is 3.85. The maximum atomic E-state index is 12.1. The molecule has 4 nitrogen and oxygen atoms in total. The largest absolute Gasteiger partial charge is 0.355 e. The van der Waals surface area contributed by atoms with Gasteiger partial charge in [0, 0.05) is 24.5 Å². The molecule has 0 spiro atoms. The van der Waals surface area contributed by atoms with Gasteiger partial charge in [0.1, 0.15) is 5.82 Å². The van der Waals surface area contributed by atoms with Gasteiger partial charge >= 0.3 is 0 Å². The Balaban J connectivity index is 2.03. The lowest BCUT2D eigenvalue weighted by atomic mass is 9.98. The summed E-state index contributed by atoms with van der Waals surface area (Å²) in [5, 5.41) is 5.94. The van der Waals surface area contributed by atoms with Crippen molar-refractivity contribution in [2.75, 3.05) is 12.4 Å². The van der Waals surface area contributed by atoms with E-state index < -0.39 is 0 Å². The van der Waals surface area contributed by atoms with Crippen LogP contribution in [-0.2, 0) is 0 Å². The van der Waals surface area contributed by atoms with Gasteiger partial charge in [-0.3, -0.25) is 4.79 Å². The van der Waals surface area contributed by atoms with E-state index in [0.717, 1.165) is 22.6 Å². The minimum Gasteiger partial charge on any atom is -0.355 e. The first-order valence-corrected chi connectivity index (χ1v) is 7.37. The molecule has 0 fully saturated rings. The molecule has 0 saturated carbocycles. The smallest absolute Gasteiger partial charge is 0.251 e. The van der Waals surface area contributed by atoms with Crippen molar-refractivity contribution in [2.24, 2.45) is 0 Å². The summed E-state index contributed by atoms with van der Waals surface area (Å²) in [4.78, 5) is 16.4. The number of nitrogens with one attached hydrogen (secondary N) is 2. The summed E-state index contributed by atoms with van der Waals surface area (Å²) in [6.07, 6.45) is 1.74. The van der Waals surface area contributed by atoms with Gasteiger partial charge in [0.25, 0.3) is 5.91 Å². The molecule has 0 saturated heterocycles. The molecule has 1 amide bonds. The fourth-order valence-electron chi connectivity index (χ4n) is 2.40. The minimum atomic E-state index is -0.103. The predicted molar refractivity (Wildman–Crippen MR) is 92.8 cm³/mol. The molecule has 0 unspecified atom stereocenters. The van der Waals surface area contributed by atoms with Crippen molar-refractivity contribution in [3.05, 3.63) is 78.5 Å². The molecule has 3 aromatic rings. The molecule has 0 bridgehead atoms. The van der Waals surface area contributed by atoms with Gasteiger partial charge < -0.3 is 10.6 Å². The minimum absolute atomic E-state index is 0.103. The van der Waals surface area contributed by atoms with Crippen molar-refractivity contribution < 1.29 is 4.79 Å². The van der Waals surface area contributed by atoms with Crippen LogP contribution in [-0.4, -0.2) is 17.9 Å². The second kappa shape index (κ2) is 6.75. The van der Waals surface area contributed by atoms with E-state index in [-0.39, 0.29) is 5.91 Å². The number of aromatic nitrogens is 1. The van der Waals surface area contributed by atoms with Crippen LogP contribution in [0.1, 0.15) is 10.4 Å². The van der Waals surface area contributed by atoms with Gasteiger partial charge in [0.05, 0.1) is 0 Å². The number of amides is 1. The van der Waals surface area contributed by atoms with E-state index in [0.29, 0.717) is 5.56 Å². The van der Waals surface area contributed by atoms with Crippen molar-refractivity contribution >= 4 is 17.4 Å². The summed E-state index contributed by atoms with van der Waals surface area (Å²) in [7, 11) is 1.64. The van der Waals surface area contributed by atoms with Crippen molar-refractivity contribution in [2.45, 2.75) is 0 Å². The third-order valence-corrected chi connectivity index (χ3v) is 3.51. The normalized spacial score (nSPS) is 10.1. The lowest BCUT2D eigenvalue weighted by Gasteiger charge is -2.12. The highest BCUT2D eigenvalue weighted by atomic mass is 16.1. The number of benzene rings is 2. The molecule has 114 valence electrons. The molecule has 0 radical (unpaired) electrons. The Morgan fingerprint density at radius 3 is 2.43 bits per heavy atom. The van der Waals surface area contributed by atoms with Crippen molar-refractivity contribution in [3.8, 4) is 11.1 Å². The number of hydrogen-bond donors (Lipinski definition) is 2. The molecule has 2 aromatic carbocycles. The molecule has 1 aromatic heterocycles. The highest BCUT2D eigenvalue weighted by Crippen LogP contribution is 2.28. The second-order valence-electron chi connectivity index (χ2n) is 5.05. The average Bonchev–Trinajstić information content (AvgIpc) is 2.62. The summed E-state index contributed by atoms with van der Waals surface area (Å²) < 4.78 is 0. The van der Waals surface area contributed by atoms with Crippen LogP contribution in [0.3, 0.4) is 0 Å². The van der Waals surface area contributed by atoms with Gasteiger partial charge in [-0.05, 0) is 41.5 Å². The zero-order valence-corrected chi connectivity index (χ0v) is 12.8. The van der Waals surface area contributed by atoms with Crippen molar-refractivity contribution in [3.63, 3.8) is 0 Å². The highest BCUT2D eigenvalue weighted by Gasteiger charge is 2.12. The third kappa shape index (κ3) is 3.37. The number of carbonyl (C=O) groups excluding carboxylic acids is 1. The van der Waals surface area contributed by atoms with Gasteiger partial charge in [0.2, 0.25) is 0 Å². The van der Waals surface area contributed by atoms with E-state index in [1.54, 1.807) is 13.2 Å². The van der Waals surface area contributed by atoms with Crippen LogP contribution in [0.4, 0.5) is 11.5 Å². The molecular formula is C19H17N3O. The zero-order chi connectivity index (χ0) is 16.1. The first-order valence-electron chi connectivity index (χ1n) is 7.37. The first-order chi connectivity index (χ1) is 11.3. The Bertz CT molecular complexity index is 801. The Labute approximate surface area is 135 Å².